The van der Waals surface area contributed by atoms with Crippen molar-refractivity contribution >= 4 is 51.5 Å². The Labute approximate surface area is 217 Å². The molecule has 0 spiro atoms. The lowest BCUT2D eigenvalue weighted by Crippen LogP contribution is -2.24. The Bertz CT molecular complexity index is 1560. The van der Waals surface area contributed by atoms with Crippen LogP contribution in [0.3, 0.4) is 0 Å². The minimum Gasteiger partial charge on any atom is -0.487 e. The summed E-state index contributed by atoms with van der Waals surface area (Å²) in [6.45, 7) is 3.44. The first-order chi connectivity index (χ1) is 17.4. The number of aryl methyl sites for hydroxylation is 1. The molecule has 5 aromatic rings. The maximum atomic E-state index is 12.5. The van der Waals surface area contributed by atoms with Gasteiger partial charge in [-0.2, -0.15) is 0 Å². The third kappa shape index (κ3) is 4.51. The topological polar surface area (TPSA) is 73.1 Å². The molecule has 0 fully saturated rings. The largest absolute Gasteiger partial charge is 0.487 e. The van der Waals surface area contributed by atoms with Crippen LogP contribution in [0.1, 0.15) is 18.2 Å². The van der Waals surface area contributed by atoms with E-state index in [-0.39, 0.29) is 23.4 Å². The van der Waals surface area contributed by atoms with Crippen molar-refractivity contribution in [3.05, 3.63) is 101 Å². The highest BCUT2D eigenvalue weighted by molar-refractivity contribution is 6.38. The summed E-state index contributed by atoms with van der Waals surface area (Å²) < 4.78 is 8.14. The van der Waals surface area contributed by atoms with E-state index in [1.54, 1.807) is 12.5 Å². The second-order valence-electron chi connectivity index (χ2n) is 8.11. The maximum absolute atomic E-state index is 12.5. The maximum Gasteiger partial charge on any atom is 0.229 e. The zero-order valence-electron chi connectivity index (χ0n) is 19.5. The predicted octanol–water partition coefficient (Wildman–Crippen LogP) is 6.69. The van der Waals surface area contributed by atoms with Gasteiger partial charge in [-0.05, 0) is 31.2 Å². The molecule has 0 atom stereocenters. The molecule has 0 N–H and O–H groups in total. The molecule has 7 nitrogen and oxygen atoms in total. The third-order valence-electron chi connectivity index (χ3n) is 5.65. The van der Waals surface area contributed by atoms with Crippen LogP contribution in [-0.4, -0.2) is 25.4 Å². The van der Waals surface area contributed by atoms with Crippen molar-refractivity contribution in [2.45, 2.75) is 20.5 Å². The fourth-order valence-corrected chi connectivity index (χ4v) is 4.56. The van der Waals surface area contributed by atoms with Crippen LogP contribution < -0.4 is 9.64 Å². The summed E-state index contributed by atoms with van der Waals surface area (Å²) in [5.74, 6) is 0.632. The van der Waals surface area contributed by atoms with Crippen LogP contribution in [0, 0.1) is 6.92 Å². The Morgan fingerprint density at radius 2 is 1.92 bits per heavy atom. The second-order valence-corrected chi connectivity index (χ2v) is 8.89. The number of fused-ring (bicyclic) bond motifs is 1. The van der Waals surface area contributed by atoms with Crippen molar-refractivity contribution in [2.24, 2.45) is 0 Å². The van der Waals surface area contributed by atoms with Gasteiger partial charge < -0.3 is 9.30 Å². The van der Waals surface area contributed by atoms with E-state index in [9.17, 15) is 4.79 Å². The van der Waals surface area contributed by atoms with Crippen molar-refractivity contribution in [2.75, 3.05) is 4.90 Å². The molecule has 5 rings (SSSR count). The fraction of sp³-hybridized carbons (Fsp3) is 0.111. The number of hydrogen-bond donors (Lipinski definition) is 0. The summed E-state index contributed by atoms with van der Waals surface area (Å²) in [5.41, 5.74) is 3.66. The number of para-hydroxylation sites is 2. The SMILES string of the molecule is CC(=O)N(c1ccccc1)c1ncc(Cl)c(COc2cccc3c(-n4ccnc4)cc(C)nc23)c1Cl. The third-order valence-corrected chi connectivity index (χ3v) is 6.38. The van der Waals surface area contributed by atoms with Gasteiger partial charge in [0.05, 0.1) is 27.7 Å². The van der Waals surface area contributed by atoms with Gasteiger partial charge in [0, 0.05) is 42.2 Å². The molecule has 0 bridgehead atoms. The zero-order chi connectivity index (χ0) is 25.2. The van der Waals surface area contributed by atoms with Crippen molar-refractivity contribution in [3.8, 4) is 11.4 Å². The number of benzene rings is 2. The monoisotopic (exact) mass is 517 g/mol. The van der Waals surface area contributed by atoms with Gasteiger partial charge in [0.2, 0.25) is 5.91 Å². The van der Waals surface area contributed by atoms with Crippen LogP contribution in [0.5, 0.6) is 5.75 Å². The fourth-order valence-electron chi connectivity index (χ4n) is 4.02. The highest BCUT2D eigenvalue weighted by Crippen LogP contribution is 2.37. The summed E-state index contributed by atoms with van der Waals surface area (Å²) in [6.07, 6.45) is 6.83. The molecule has 0 unspecified atom stereocenters. The van der Waals surface area contributed by atoms with Crippen LogP contribution >= 0.6 is 23.2 Å². The lowest BCUT2D eigenvalue weighted by atomic mass is 10.1. The Balaban J connectivity index is 1.52. The number of nitrogens with zero attached hydrogens (tertiary/aromatic N) is 5. The number of carbonyl (C=O) groups excluding carboxylic acids is 1. The number of imidazole rings is 1. The molecule has 1 amide bonds. The highest BCUT2D eigenvalue weighted by Gasteiger charge is 2.22. The summed E-state index contributed by atoms with van der Waals surface area (Å²) in [7, 11) is 0. The molecular weight excluding hydrogens is 497 g/mol. The summed E-state index contributed by atoms with van der Waals surface area (Å²) in [4.78, 5) is 27.2. The molecule has 3 heterocycles. The molecule has 0 saturated heterocycles. The number of carbonyl (C=O) groups is 1. The van der Waals surface area contributed by atoms with Gasteiger partial charge in [-0.15, -0.1) is 0 Å². The molecule has 0 aliphatic heterocycles. The molecule has 0 aliphatic rings. The van der Waals surface area contributed by atoms with Crippen LogP contribution in [0.15, 0.2) is 79.5 Å². The van der Waals surface area contributed by atoms with E-state index >= 15 is 0 Å². The van der Waals surface area contributed by atoms with Crippen LogP contribution in [0.25, 0.3) is 16.6 Å². The Kier molecular flexibility index (Phi) is 6.59. The van der Waals surface area contributed by atoms with Crippen molar-refractivity contribution < 1.29 is 9.53 Å². The molecule has 0 radical (unpaired) electrons. The normalized spacial score (nSPS) is 11.0. The predicted molar refractivity (Wildman–Crippen MR) is 141 cm³/mol. The van der Waals surface area contributed by atoms with E-state index in [0.717, 1.165) is 16.8 Å². The van der Waals surface area contributed by atoms with Gasteiger partial charge in [-0.3, -0.25) is 9.69 Å². The van der Waals surface area contributed by atoms with Gasteiger partial charge in [0.15, 0.2) is 5.82 Å². The molecule has 180 valence electrons. The summed E-state index contributed by atoms with van der Waals surface area (Å²) in [6, 6.07) is 16.9. The molecule has 3 aromatic heterocycles. The number of hydrogen-bond acceptors (Lipinski definition) is 5. The van der Waals surface area contributed by atoms with Gasteiger partial charge >= 0.3 is 0 Å². The first-order valence-corrected chi connectivity index (χ1v) is 11.9. The molecule has 9 heteroatoms. The smallest absolute Gasteiger partial charge is 0.229 e. The summed E-state index contributed by atoms with van der Waals surface area (Å²) in [5, 5.41) is 1.49. The average Bonchev–Trinajstić information content (AvgIpc) is 3.40. The number of ether oxygens (including phenoxy) is 1. The molecule has 0 saturated carbocycles. The van der Waals surface area contributed by atoms with Crippen LogP contribution in [0.4, 0.5) is 11.5 Å². The number of halogens is 2. The highest BCUT2D eigenvalue weighted by atomic mass is 35.5. The molecule has 2 aromatic carbocycles. The van der Waals surface area contributed by atoms with Gasteiger partial charge in [0.25, 0.3) is 0 Å². The Morgan fingerprint density at radius 3 is 2.64 bits per heavy atom. The van der Waals surface area contributed by atoms with E-state index < -0.39 is 0 Å². The minimum atomic E-state index is -0.231. The first kappa shape index (κ1) is 23.8. The van der Waals surface area contributed by atoms with Crippen molar-refractivity contribution in [1.29, 1.82) is 0 Å². The van der Waals surface area contributed by atoms with Gasteiger partial charge in [0.1, 0.15) is 17.9 Å². The molecule has 36 heavy (non-hydrogen) atoms. The number of amides is 1. The van der Waals surface area contributed by atoms with E-state index in [1.165, 1.54) is 18.0 Å². The quantitative estimate of drug-likeness (QED) is 0.250. The number of aromatic nitrogens is 4. The Morgan fingerprint density at radius 1 is 1.11 bits per heavy atom. The number of anilines is 2. The Hall–Kier alpha value is -3.94. The van der Waals surface area contributed by atoms with Gasteiger partial charge in [-0.1, -0.05) is 53.5 Å². The summed E-state index contributed by atoms with van der Waals surface area (Å²) >= 11 is 13.2. The molecule has 0 aliphatic carbocycles. The number of rotatable bonds is 6. The van der Waals surface area contributed by atoms with E-state index in [4.69, 9.17) is 32.9 Å². The van der Waals surface area contributed by atoms with Gasteiger partial charge in [-0.25, -0.2) is 15.0 Å². The average molecular weight is 518 g/mol. The van der Waals surface area contributed by atoms with Crippen molar-refractivity contribution in [3.63, 3.8) is 0 Å². The second kappa shape index (κ2) is 9.97. The van der Waals surface area contributed by atoms with E-state index in [2.05, 4.69) is 9.97 Å². The lowest BCUT2D eigenvalue weighted by Gasteiger charge is -2.23. The van der Waals surface area contributed by atoms with E-state index in [0.29, 0.717) is 27.5 Å². The van der Waals surface area contributed by atoms with E-state index in [1.807, 2.05) is 72.3 Å². The van der Waals surface area contributed by atoms with Crippen LogP contribution in [0.2, 0.25) is 10.0 Å². The minimum absolute atomic E-state index is 0.0584. The standard InChI is InChI=1S/C27H21Cl2N5O2/c1-17-13-23(33-12-11-30-16-33)20-9-6-10-24(26(20)32-17)36-15-21-22(28)14-31-27(25(21)29)34(18(2)35)19-7-4-3-5-8-19/h3-14,16H,15H2,1-2H3. The number of pyridine rings is 2. The lowest BCUT2D eigenvalue weighted by molar-refractivity contribution is -0.115. The van der Waals surface area contributed by atoms with Crippen molar-refractivity contribution in [1.82, 2.24) is 19.5 Å². The zero-order valence-corrected chi connectivity index (χ0v) is 21.0. The first-order valence-electron chi connectivity index (χ1n) is 11.1. The van der Waals surface area contributed by atoms with Crippen LogP contribution in [-0.2, 0) is 11.4 Å². The molecular formula is C27H21Cl2N5O2.